The third-order valence-corrected chi connectivity index (χ3v) is 4.41. The molecule has 0 spiro atoms. The first-order chi connectivity index (χ1) is 10.0. The third kappa shape index (κ3) is 3.57. The minimum Gasteiger partial charge on any atom is -0.480 e. The standard InChI is InChI=1S/C15H20N2O3S/c1-21-7-6-12(16)14(18)17-9-11-5-3-2-4-10(11)8-13(17)15(19)20/h2-5,12-13H,6-9,16H2,1H3,(H,19,20)/t12-,13?/m1/s1. The molecule has 1 aliphatic heterocycles. The molecule has 1 amide bonds. The lowest BCUT2D eigenvalue weighted by Gasteiger charge is -2.35. The molecule has 2 rings (SSSR count). The maximum atomic E-state index is 12.5. The number of fused-ring (bicyclic) bond motifs is 1. The normalized spacial score (nSPS) is 19.0. The van der Waals surface area contributed by atoms with Crippen LogP contribution in [0.15, 0.2) is 24.3 Å². The molecule has 6 heteroatoms. The minimum atomic E-state index is -0.977. The number of aliphatic carboxylic acids is 1. The molecular formula is C15H20N2O3S. The minimum absolute atomic E-state index is 0.272. The maximum absolute atomic E-state index is 12.5. The Hall–Kier alpha value is -1.53. The molecule has 0 fully saturated rings. The third-order valence-electron chi connectivity index (χ3n) is 3.77. The molecule has 1 aromatic carbocycles. The number of thioether (sulfide) groups is 1. The van der Waals surface area contributed by atoms with Gasteiger partial charge in [0.2, 0.25) is 5.91 Å². The quantitative estimate of drug-likeness (QED) is 0.851. The molecule has 0 radical (unpaired) electrons. The molecule has 2 atom stereocenters. The molecule has 0 saturated heterocycles. The van der Waals surface area contributed by atoms with E-state index >= 15 is 0 Å². The Balaban J connectivity index is 2.20. The zero-order chi connectivity index (χ0) is 15.4. The molecule has 1 unspecified atom stereocenters. The predicted molar refractivity (Wildman–Crippen MR) is 83.1 cm³/mol. The van der Waals surface area contributed by atoms with Gasteiger partial charge in [-0.3, -0.25) is 4.79 Å². The van der Waals surface area contributed by atoms with Crippen LogP contribution in [0.4, 0.5) is 0 Å². The van der Waals surface area contributed by atoms with E-state index in [1.165, 1.54) is 4.90 Å². The molecular weight excluding hydrogens is 288 g/mol. The summed E-state index contributed by atoms with van der Waals surface area (Å²) >= 11 is 1.62. The lowest BCUT2D eigenvalue weighted by molar-refractivity contribution is -0.152. The number of carbonyl (C=O) groups excluding carboxylic acids is 1. The van der Waals surface area contributed by atoms with Crippen LogP contribution in [-0.2, 0) is 22.6 Å². The van der Waals surface area contributed by atoms with Crippen molar-refractivity contribution in [3.63, 3.8) is 0 Å². The summed E-state index contributed by atoms with van der Waals surface area (Å²) in [6.07, 6.45) is 2.85. The summed E-state index contributed by atoms with van der Waals surface area (Å²) in [7, 11) is 0. The number of carboxylic acid groups (broad SMARTS) is 1. The largest absolute Gasteiger partial charge is 0.480 e. The van der Waals surface area contributed by atoms with E-state index in [1.807, 2.05) is 30.5 Å². The van der Waals surface area contributed by atoms with Crippen LogP contribution in [-0.4, -0.2) is 46.0 Å². The summed E-state index contributed by atoms with van der Waals surface area (Å²) in [5, 5.41) is 9.40. The average Bonchev–Trinajstić information content (AvgIpc) is 2.50. The van der Waals surface area contributed by atoms with Gasteiger partial charge < -0.3 is 15.7 Å². The van der Waals surface area contributed by atoms with Crippen molar-refractivity contribution >= 4 is 23.6 Å². The second kappa shape index (κ2) is 6.95. The second-order valence-corrected chi connectivity index (χ2v) is 6.17. The van der Waals surface area contributed by atoms with E-state index in [4.69, 9.17) is 5.73 Å². The van der Waals surface area contributed by atoms with E-state index in [9.17, 15) is 14.7 Å². The first-order valence-corrected chi connectivity index (χ1v) is 8.28. The molecule has 0 aromatic heterocycles. The zero-order valence-corrected chi connectivity index (χ0v) is 12.8. The van der Waals surface area contributed by atoms with Crippen molar-refractivity contribution in [2.24, 2.45) is 5.73 Å². The van der Waals surface area contributed by atoms with Crippen LogP contribution < -0.4 is 5.73 Å². The van der Waals surface area contributed by atoms with E-state index in [-0.39, 0.29) is 5.91 Å². The number of amides is 1. The van der Waals surface area contributed by atoms with Crippen molar-refractivity contribution < 1.29 is 14.7 Å². The molecule has 114 valence electrons. The number of carbonyl (C=O) groups is 2. The zero-order valence-electron chi connectivity index (χ0n) is 12.0. The van der Waals surface area contributed by atoms with Gasteiger partial charge in [0.25, 0.3) is 0 Å². The molecule has 3 N–H and O–H groups in total. The molecule has 21 heavy (non-hydrogen) atoms. The number of nitrogens with zero attached hydrogens (tertiary/aromatic N) is 1. The maximum Gasteiger partial charge on any atom is 0.326 e. The van der Waals surface area contributed by atoms with Gasteiger partial charge in [0.05, 0.1) is 6.04 Å². The molecule has 0 saturated carbocycles. The fraction of sp³-hybridized carbons (Fsp3) is 0.467. The van der Waals surface area contributed by atoms with Crippen molar-refractivity contribution in [3.8, 4) is 0 Å². The molecule has 0 bridgehead atoms. The van der Waals surface area contributed by atoms with E-state index in [0.717, 1.165) is 16.9 Å². The Morgan fingerprint density at radius 2 is 2.10 bits per heavy atom. The predicted octanol–water partition coefficient (Wildman–Crippen LogP) is 1.10. The van der Waals surface area contributed by atoms with Crippen molar-refractivity contribution in [2.45, 2.75) is 31.5 Å². The number of benzene rings is 1. The fourth-order valence-corrected chi connectivity index (χ4v) is 3.05. The molecule has 1 aliphatic rings. The van der Waals surface area contributed by atoms with Gasteiger partial charge in [0.15, 0.2) is 0 Å². The average molecular weight is 308 g/mol. The van der Waals surface area contributed by atoms with Crippen LogP contribution in [0.2, 0.25) is 0 Å². The first-order valence-electron chi connectivity index (χ1n) is 6.89. The van der Waals surface area contributed by atoms with Gasteiger partial charge in [-0.25, -0.2) is 4.79 Å². The molecule has 1 heterocycles. The van der Waals surface area contributed by atoms with Gasteiger partial charge in [0, 0.05) is 13.0 Å². The summed E-state index contributed by atoms with van der Waals surface area (Å²) in [4.78, 5) is 25.3. The van der Waals surface area contributed by atoms with Crippen LogP contribution in [0.25, 0.3) is 0 Å². The Kier molecular flexibility index (Phi) is 5.25. The van der Waals surface area contributed by atoms with Crippen molar-refractivity contribution in [3.05, 3.63) is 35.4 Å². The summed E-state index contributed by atoms with van der Waals surface area (Å²) < 4.78 is 0. The Labute approximate surface area is 128 Å². The highest BCUT2D eigenvalue weighted by Crippen LogP contribution is 2.24. The topological polar surface area (TPSA) is 83.6 Å². The Morgan fingerprint density at radius 3 is 2.71 bits per heavy atom. The number of nitrogens with two attached hydrogens (primary N) is 1. The Bertz CT molecular complexity index is 535. The number of rotatable bonds is 5. The molecule has 0 aliphatic carbocycles. The van der Waals surface area contributed by atoms with Crippen LogP contribution in [0.1, 0.15) is 17.5 Å². The van der Waals surface area contributed by atoms with Crippen LogP contribution in [0.5, 0.6) is 0 Å². The van der Waals surface area contributed by atoms with Gasteiger partial charge in [-0.15, -0.1) is 0 Å². The fourth-order valence-electron chi connectivity index (χ4n) is 2.56. The van der Waals surface area contributed by atoms with Crippen LogP contribution in [0, 0.1) is 0 Å². The van der Waals surface area contributed by atoms with E-state index in [0.29, 0.717) is 19.4 Å². The first kappa shape index (κ1) is 15.9. The van der Waals surface area contributed by atoms with E-state index in [1.54, 1.807) is 11.8 Å². The van der Waals surface area contributed by atoms with Gasteiger partial charge >= 0.3 is 5.97 Å². The Morgan fingerprint density at radius 1 is 1.43 bits per heavy atom. The lowest BCUT2D eigenvalue weighted by atomic mass is 9.93. The highest BCUT2D eigenvalue weighted by atomic mass is 32.2. The van der Waals surface area contributed by atoms with Crippen molar-refractivity contribution in [1.29, 1.82) is 0 Å². The highest BCUT2D eigenvalue weighted by molar-refractivity contribution is 7.98. The van der Waals surface area contributed by atoms with E-state index in [2.05, 4.69) is 0 Å². The van der Waals surface area contributed by atoms with Gasteiger partial charge in [-0.05, 0) is 29.6 Å². The smallest absolute Gasteiger partial charge is 0.326 e. The SMILES string of the molecule is CSCC[C@@H](N)C(=O)N1Cc2ccccc2CC1C(=O)O. The number of hydrogen-bond acceptors (Lipinski definition) is 4. The van der Waals surface area contributed by atoms with Gasteiger partial charge in [-0.1, -0.05) is 24.3 Å². The summed E-state index contributed by atoms with van der Waals surface area (Å²) in [5.74, 6) is -0.462. The lowest BCUT2D eigenvalue weighted by Crippen LogP contribution is -2.53. The van der Waals surface area contributed by atoms with Crippen molar-refractivity contribution in [1.82, 2.24) is 4.90 Å². The second-order valence-electron chi connectivity index (χ2n) is 5.18. The summed E-state index contributed by atoms with van der Waals surface area (Å²) in [5.41, 5.74) is 7.91. The van der Waals surface area contributed by atoms with E-state index < -0.39 is 18.1 Å². The summed E-state index contributed by atoms with van der Waals surface area (Å²) in [6, 6.07) is 6.18. The monoisotopic (exact) mass is 308 g/mol. The van der Waals surface area contributed by atoms with Crippen LogP contribution in [0.3, 0.4) is 0 Å². The highest BCUT2D eigenvalue weighted by Gasteiger charge is 2.36. The van der Waals surface area contributed by atoms with Crippen molar-refractivity contribution in [2.75, 3.05) is 12.0 Å². The number of carboxylic acids is 1. The van der Waals surface area contributed by atoms with Gasteiger partial charge in [-0.2, -0.15) is 11.8 Å². The van der Waals surface area contributed by atoms with Gasteiger partial charge in [0.1, 0.15) is 6.04 Å². The number of hydrogen-bond donors (Lipinski definition) is 2. The molecule has 1 aromatic rings. The molecule has 5 nitrogen and oxygen atoms in total. The summed E-state index contributed by atoms with van der Waals surface area (Å²) in [6.45, 7) is 0.318. The van der Waals surface area contributed by atoms with Crippen LogP contribution >= 0.6 is 11.8 Å².